The summed E-state index contributed by atoms with van der Waals surface area (Å²) < 4.78 is 10.1. The summed E-state index contributed by atoms with van der Waals surface area (Å²) in [5.74, 6) is -0.850. The summed E-state index contributed by atoms with van der Waals surface area (Å²) in [7, 11) is 1.28. The number of ether oxygens (including phenoxy) is 2. The van der Waals surface area contributed by atoms with Crippen molar-refractivity contribution in [3.8, 4) is 0 Å². The van der Waals surface area contributed by atoms with E-state index in [2.05, 4.69) is 23.8 Å². The Bertz CT molecular complexity index is 459. The number of esters is 1. The monoisotopic (exact) mass is 368 g/mol. The lowest BCUT2D eigenvalue weighted by Crippen LogP contribution is -2.36. The molecule has 0 aromatic heterocycles. The summed E-state index contributed by atoms with van der Waals surface area (Å²) in [4.78, 5) is 23.4. The summed E-state index contributed by atoms with van der Waals surface area (Å²) in [6.45, 7) is 3.57. The number of epoxide rings is 1. The highest BCUT2D eigenvalue weighted by Crippen LogP contribution is 2.41. The van der Waals surface area contributed by atoms with Crippen molar-refractivity contribution in [3.63, 3.8) is 0 Å². The number of ketones is 1. The first-order valence-electron chi connectivity index (χ1n) is 10.1. The summed E-state index contributed by atoms with van der Waals surface area (Å²) in [5.41, 5.74) is -1.33. The maximum absolute atomic E-state index is 11.7. The molecule has 1 heterocycles. The lowest BCUT2D eigenvalue weighted by molar-refractivity contribution is -0.150. The smallest absolute Gasteiger partial charge is 0.348 e. The molecule has 0 aromatic rings. The molecule has 1 fully saturated rings. The van der Waals surface area contributed by atoms with E-state index in [9.17, 15) is 14.7 Å². The maximum atomic E-state index is 11.7. The van der Waals surface area contributed by atoms with Crippen molar-refractivity contribution in [3.05, 3.63) is 12.2 Å². The summed E-state index contributed by atoms with van der Waals surface area (Å²) in [6, 6.07) is 0. The highest BCUT2D eigenvalue weighted by Gasteiger charge is 2.67. The fourth-order valence-electron chi connectivity index (χ4n) is 3.30. The molecule has 0 aromatic carbocycles. The number of methoxy groups -OCH3 is 1. The summed E-state index contributed by atoms with van der Waals surface area (Å²) >= 11 is 0. The average molecular weight is 369 g/mol. The van der Waals surface area contributed by atoms with Gasteiger partial charge in [-0.25, -0.2) is 4.79 Å². The molecule has 0 saturated carbocycles. The number of rotatable bonds is 15. The standard InChI is InChI=1S/C21H36O5/c1-4-5-6-11-14-18(23)15-12-9-7-8-10-13-16-19-21(26-19,17(2)22)20(24)25-3/h9,12,18-19,23H,4-8,10-11,13-16H2,1-3H3/b12-9-. The van der Waals surface area contributed by atoms with Gasteiger partial charge in [0.25, 0.3) is 0 Å². The number of allylic oxidation sites excluding steroid dienone is 1. The van der Waals surface area contributed by atoms with E-state index in [0.717, 1.165) is 44.9 Å². The third kappa shape index (κ3) is 7.20. The zero-order valence-corrected chi connectivity index (χ0v) is 16.7. The molecule has 1 saturated heterocycles. The van der Waals surface area contributed by atoms with Gasteiger partial charge in [0.05, 0.1) is 13.2 Å². The molecular formula is C21H36O5. The number of unbranched alkanes of at least 4 members (excludes halogenated alkanes) is 6. The van der Waals surface area contributed by atoms with Crippen molar-refractivity contribution in [2.24, 2.45) is 0 Å². The number of aliphatic hydroxyl groups is 1. The molecule has 0 spiro atoms. The van der Waals surface area contributed by atoms with Crippen molar-refractivity contribution in [1.29, 1.82) is 0 Å². The van der Waals surface area contributed by atoms with Crippen LogP contribution in [0.5, 0.6) is 0 Å². The van der Waals surface area contributed by atoms with Crippen LogP contribution in [0.25, 0.3) is 0 Å². The van der Waals surface area contributed by atoms with E-state index < -0.39 is 11.6 Å². The average Bonchev–Trinajstić information content (AvgIpc) is 3.36. The Balaban J connectivity index is 2.04. The first-order valence-corrected chi connectivity index (χ1v) is 10.1. The summed E-state index contributed by atoms with van der Waals surface area (Å²) in [5, 5.41) is 9.89. The van der Waals surface area contributed by atoms with E-state index in [1.54, 1.807) is 0 Å². The Morgan fingerprint density at radius 1 is 1.15 bits per heavy atom. The normalized spacial score (nSPS) is 23.2. The van der Waals surface area contributed by atoms with Crippen LogP contribution in [-0.2, 0) is 19.1 Å². The number of hydrogen-bond donors (Lipinski definition) is 1. The van der Waals surface area contributed by atoms with Crippen LogP contribution in [0, 0.1) is 0 Å². The highest BCUT2D eigenvalue weighted by atomic mass is 16.7. The molecular weight excluding hydrogens is 332 g/mol. The van der Waals surface area contributed by atoms with E-state index in [-0.39, 0.29) is 18.0 Å². The molecule has 1 aliphatic heterocycles. The van der Waals surface area contributed by atoms with E-state index in [0.29, 0.717) is 6.42 Å². The van der Waals surface area contributed by atoms with E-state index in [1.165, 1.54) is 33.3 Å². The van der Waals surface area contributed by atoms with Gasteiger partial charge in [-0.05, 0) is 39.0 Å². The SMILES string of the molecule is CCCCCCC(O)C/C=C\CCCCCC1OC1(C(C)=O)C(=O)OC. The Kier molecular flexibility index (Phi) is 10.7. The third-order valence-corrected chi connectivity index (χ3v) is 5.04. The number of Topliss-reactive ketones (excluding diaryl/α,β-unsaturated/α-hetero) is 1. The third-order valence-electron chi connectivity index (χ3n) is 5.04. The molecule has 26 heavy (non-hydrogen) atoms. The van der Waals surface area contributed by atoms with Gasteiger partial charge in [0.1, 0.15) is 6.10 Å². The van der Waals surface area contributed by atoms with Crippen LogP contribution in [0.15, 0.2) is 12.2 Å². The lowest BCUT2D eigenvalue weighted by Gasteiger charge is -2.07. The van der Waals surface area contributed by atoms with Gasteiger partial charge in [0, 0.05) is 0 Å². The number of hydrogen-bond acceptors (Lipinski definition) is 5. The van der Waals surface area contributed by atoms with Crippen molar-refractivity contribution in [2.45, 2.75) is 102 Å². The number of carbonyl (C=O) groups excluding carboxylic acids is 2. The Hall–Kier alpha value is -1.20. The van der Waals surface area contributed by atoms with Crippen molar-refractivity contribution in [1.82, 2.24) is 0 Å². The number of carbonyl (C=O) groups is 2. The predicted octanol–water partition coefficient (Wildman–Crippen LogP) is 4.11. The van der Waals surface area contributed by atoms with Gasteiger partial charge < -0.3 is 14.6 Å². The molecule has 3 unspecified atom stereocenters. The second-order valence-corrected chi connectivity index (χ2v) is 7.24. The molecule has 1 rings (SSSR count). The lowest BCUT2D eigenvalue weighted by atomic mass is 9.97. The second-order valence-electron chi connectivity index (χ2n) is 7.24. The van der Waals surface area contributed by atoms with Crippen molar-refractivity contribution >= 4 is 11.8 Å². The van der Waals surface area contributed by atoms with Gasteiger partial charge in [0.15, 0.2) is 5.78 Å². The van der Waals surface area contributed by atoms with Crippen LogP contribution in [-0.4, -0.2) is 41.8 Å². The van der Waals surface area contributed by atoms with Crippen LogP contribution < -0.4 is 0 Å². The molecule has 0 radical (unpaired) electrons. The molecule has 1 aliphatic rings. The minimum atomic E-state index is -1.33. The second kappa shape index (κ2) is 12.2. The van der Waals surface area contributed by atoms with E-state index >= 15 is 0 Å². The van der Waals surface area contributed by atoms with E-state index in [4.69, 9.17) is 4.74 Å². The Labute approximate surface area is 158 Å². The molecule has 150 valence electrons. The largest absolute Gasteiger partial charge is 0.466 e. The predicted molar refractivity (Wildman–Crippen MR) is 102 cm³/mol. The summed E-state index contributed by atoms with van der Waals surface area (Å²) in [6.07, 6.45) is 14.8. The zero-order valence-electron chi connectivity index (χ0n) is 16.7. The molecule has 5 nitrogen and oxygen atoms in total. The van der Waals surface area contributed by atoms with Gasteiger partial charge in [-0.3, -0.25) is 4.79 Å². The van der Waals surface area contributed by atoms with Gasteiger partial charge in [0.2, 0.25) is 5.60 Å². The molecule has 3 atom stereocenters. The molecule has 0 aliphatic carbocycles. The van der Waals surface area contributed by atoms with Gasteiger partial charge in [-0.1, -0.05) is 57.6 Å². The Morgan fingerprint density at radius 3 is 2.54 bits per heavy atom. The molecule has 5 heteroatoms. The quantitative estimate of drug-likeness (QED) is 0.155. The van der Waals surface area contributed by atoms with Crippen LogP contribution >= 0.6 is 0 Å². The number of aliphatic hydroxyl groups excluding tert-OH is 1. The molecule has 1 N–H and O–H groups in total. The zero-order chi connectivity index (χ0) is 19.4. The van der Waals surface area contributed by atoms with E-state index in [1.807, 2.05) is 0 Å². The Morgan fingerprint density at radius 2 is 1.88 bits per heavy atom. The maximum Gasteiger partial charge on any atom is 0.348 e. The first-order chi connectivity index (χ1) is 12.5. The minimum Gasteiger partial charge on any atom is -0.466 e. The topological polar surface area (TPSA) is 76.1 Å². The highest BCUT2D eigenvalue weighted by molar-refractivity contribution is 6.09. The van der Waals surface area contributed by atoms with Gasteiger partial charge in [-0.2, -0.15) is 0 Å². The van der Waals surface area contributed by atoms with Crippen LogP contribution in [0.4, 0.5) is 0 Å². The minimum absolute atomic E-state index is 0.215. The van der Waals surface area contributed by atoms with Gasteiger partial charge in [-0.15, -0.1) is 0 Å². The fourth-order valence-corrected chi connectivity index (χ4v) is 3.30. The first kappa shape index (κ1) is 22.8. The van der Waals surface area contributed by atoms with Crippen LogP contribution in [0.3, 0.4) is 0 Å². The van der Waals surface area contributed by atoms with Crippen molar-refractivity contribution < 1.29 is 24.2 Å². The molecule has 0 bridgehead atoms. The molecule has 0 amide bonds. The van der Waals surface area contributed by atoms with Gasteiger partial charge >= 0.3 is 5.97 Å². The van der Waals surface area contributed by atoms with Crippen LogP contribution in [0.2, 0.25) is 0 Å². The fraction of sp³-hybridized carbons (Fsp3) is 0.810. The van der Waals surface area contributed by atoms with Crippen molar-refractivity contribution in [2.75, 3.05) is 7.11 Å². The van der Waals surface area contributed by atoms with Crippen LogP contribution in [0.1, 0.15) is 84.5 Å².